The molecule has 2 nitrogen and oxygen atoms in total. The van der Waals surface area contributed by atoms with Gasteiger partial charge in [-0.1, -0.05) is 45.4 Å². The molecule has 0 radical (unpaired) electrons. The summed E-state index contributed by atoms with van der Waals surface area (Å²) >= 11 is 0. The SMILES string of the molecule is CCC1CCCC(OC2CC(=O)C23CCCCC3)C1. The van der Waals surface area contributed by atoms with Crippen molar-refractivity contribution >= 4 is 5.78 Å². The van der Waals surface area contributed by atoms with Crippen molar-refractivity contribution in [1.29, 1.82) is 0 Å². The molecule has 0 amide bonds. The summed E-state index contributed by atoms with van der Waals surface area (Å²) in [5.41, 5.74) is -0.0442. The second kappa shape index (κ2) is 5.55. The van der Waals surface area contributed by atoms with Crippen LogP contribution in [-0.2, 0) is 9.53 Å². The Morgan fingerprint density at radius 1 is 1.16 bits per heavy atom. The zero-order chi connectivity index (χ0) is 13.3. The van der Waals surface area contributed by atoms with Crippen molar-refractivity contribution in [3.63, 3.8) is 0 Å². The Morgan fingerprint density at radius 3 is 2.63 bits per heavy atom. The lowest BCUT2D eigenvalue weighted by Crippen LogP contribution is -2.57. The Morgan fingerprint density at radius 2 is 1.95 bits per heavy atom. The van der Waals surface area contributed by atoms with Gasteiger partial charge in [0.05, 0.1) is 17.6 Å². The number of carbonyl (C=O) groups excluding carboxylic acids is 1. The quantitative estimate of drug-likeness (QED) is 0.761. The van der Waals surface area contributed by atoms with Crippen LogP contribution in [-0.4, -0.2) is 18.0 Å². The van der Waals surface area contributed by atoms with Gasteiger partial charge >= 0.3 is 0 Å². The minimum Gasteiger partial charge on any atom is -0.373 e. The molecule has 3 rings (SSSR count). The first-order chi connectivity index (χ1) is 9.24. The summed E-state index contributed by atoms with van der Waals surface area (Å²) in [6.45, 7) is 2.29. The van der Waals surface area contributed by atoms with Crippen LogP contribution in [0, 0.1) is 11.3 Å². The Labute approximate surface area is 117 Å². The third-order valence-electron chi connectivity index (χ3n) is 5.96. The zero-order valence-electron chi connectivity index (χ0n) is 12.3. The van der Waals surface area contributed by atoms with Crippen molar-refractivity contribution in [1.82, 2.24) is 0 Å². The molecule has 0 aromatic carbocycles. The maximum atomic E-state index is 12.1. The number of carbonyl (C=O) groups is 1. The van der Waals surface area contributed by atoms with E-state index in [4.69, 9.17) is 4.74 Å². The van der Waals surface area contributed by atoms with E-state index >= 15 is 0 Å². The molecule has 3 aliphatic carbocycles. The molecule has 0 bridgehead atoms. The number of ketones is 1. The lowest BCUT2D eigenvalue weighted by Gasteiger charge is -2.51. The topological polar surface area (TPSA) is 26.3 Å². The van der Waals surface area contributed by atoms with Crippen molar-refractivity contribution in [2.45, 2.75) is 89.8 Å². The highest BCUT2D eigenvalue weighted by molar-refractivity contribution is 5.92. The van der Waals surface area contributed by atoms with Crippen LogP contribution in [0.25, 0.3) is 0 Å². The van der Waals surface area contributed by atoms with Crippen LogP contribution < -0.4 is 0 Å². The Kier molecular flexibility index (Phi) is 3.98. The summed E-state index contributed by atoms with van der Waals surface area (Å²) in [6, 6.07) is 0. The highest BCUT2D eigenvalue weighted by Gasteiger charge is 2.55. The van der Waals surface area contributed by atoms with Crippen molar-refractivity contribution in [2.24, 2.45) is 11.3 Å². The standard InChI is InChI=1S/C17H28O2/c1-2-13-7-6-8-14(11-13)19-16-12-15(18)17(16)9-4-3-5-10-17/h13-14,16H,2-12H2,1H3. The van der Waals surface area contributed by atoms with Crippen molar-refractivity contribution in [3.05, 3.63) is 0 Å². The molecule has 3 atom stereocenters. The van der Waals surface area contributed by atoms with Gasteiger partial charge in [0.1, 0.15) is 5.78 Å². The number of rotatable bonds is 3. The lowest BCUT2D eigenvalue weighted by atomic mass is 9.57. The first-order valence-corrected chi connectivity index (χ1v) is 8.43. The molecule has 1 spiro atoms. The van der Waals surface area contributed by atoms with Gasteiger partial charge in [-0.2, -0.15) is 0 Å². The van der Waals surface area contributed by atoms with Gasteiger partial charge in [-0.25, -0.2) is 0 Å². The van der Waals surface area contributed by atoms with Crippen LogP contribution in [0.2, 0.25) is 0 Å². The Balaban J connectivity index is 1.59. The lowest BCUT2D eigenvalue weighted by molar-refractivity contribution is -0.181. The highest BCUT2D eigenvalue weighted by atomic mass is 16.5. The monoisotopic (exact) mass is 264 g/mol. The Hall–Kier alpha value is -0.370. The number of hydrogen-bond donors (Lipinski definition) is 0. The number of Topliss-reactive ketones (excluding diaryl/α,β-unsaturated/α-hetero) is 1. The fourth-order valence-electron chi connectivity index (χ4n) is 4.55. The molecule has 0 aliphatic heterocycles. The predicted octanol–water partition coefficient (Wildman–Crippen LogP) is 4.26. The van der Waals surface area contributed by atoms with Gasteiger partial charge in [0, 0.05) is 6.42 Å². The van der Waals surface area contributed by atoms with Crippen LogP contribution in [0.15, 0.2) is 0 Å². The number of hydrogen-bond acceptors (Lipinski definition) is 2. The molecule has 2 heteroatoms. The average Bonchev–Trinajstić information content (AvgIpc) is 2.48. The van der Waals surface area contributed by atoms with Crippen LogP contribution in [0.3, 0.4) is 0 Å². The largest absolute Gasteiger partial charge is 0.373 e. The maximum Gasteiger partial charge on any atom is 0.144 e. The van der Waals surface area contributed by atoms with Gasteiger partial charge in [-0.15, -0.1) is 0 Å². The second-order valence-electron chi connectivity index (χ2n) is 7.03. The van der Waals surface area contributed by atoms with Crippen molar-refractivity contribution in [3.8, 4) is 0 Å². The number of ether oxygens (including phenoxy) is 1. The molecular weight excluding hydrogens is 236 g/mol. The van der Waals surface area contributed by atoms with Gasteiger partial charge in [0.2, 0.25) is 0 Å². The molecule has 0 saturated heterocycles. The minimum atomic E-state index is -0.0442. The van der Waals surface area contributed by atoms with Crippen LogP contribution in [0.1, 0.15) is 77.6 Å². The second-order valence-corrected chi connectivity index (χ2v) is 7.03. The summed E-state index contributed by atoms with van der Waals surface area (Å²) < 4.78 is 6.40. The summed E-state index contributed by atoms with van der Waals surface area (Å²) in [4.78, 5) is 12.1. The predicted molar refractivity (Wildman–Crippen MR) is 76.1 cm³/mol. The molecule has 3 unspecified atom stereocenters. The fourth-order valence-corrected chi connectivity index (χ4v) is 4.55. The van der Waals surface area contributed by atoms with E-state index in [1.807, 2.05) is 0 Å². The third-order valence-corrected chi connectivity index (χ3v) is 5.96. The van der Waals surface area contributed by atoms with Crippen LogP contribution >= 0.6 is 0 Å². The van der Waals surface area contributed by atoms with E-state index in [1.54, 1.807) is 0 Å². The van der Waals surface area contributed by atoms with Gasteiger partial charge in [-0.3, -0.25) is 4.79 Å². The van der Waals surface area contributed by atoms with E-state index in [-0.39, 0.29) is 11.5 Å². The first kappa shape index (κ1) is 13.6. The van der Waals surface area contributed by atoms with E-state index in [0.717, 1.165) is 18.8 Å². The summed E-state index contributed by atoms with van der Waals surface area (Å²) in [5, 5.41) is 0. The first-order valence-electron chi connectivity index (χ1n) is 8.43. The van der Waals surface area contributed by atoms with E-state index in [9.17, 15) is 4.79 Å². The van der Waals surface area contributed by atoms with Crippen LogP contribution in [0.4, 0.5) is 0 Å². The van der Waals surface area contributed by atoms with Crippen LogP contribution in [0.5, 0.6) is 0 Å². The molecule has 0 heterocycles. The summed E-state index contributed by atoms with van der Waals surface area (Å²) in [5.74, 6) is 1.36. The molecule has 108 valence electrons. The van der Waals surface area contributed by atoms with E-state index in [2.05, 4.69) is 6.92 Å². The maximum absolute atomic E-state index is 12.1. The molecule has 19 heavy (non-hydrogen) atoms. The molecule has 0 aromatic heterocycles. The third kappa shape index (κ3) is 2.49. The van der Waals surface area contributed by atoms with E-state index in [1.165, 1.54) is 51.4 Å². The molecule has 0 aromatic rings. The molecular formula is C17H28O2. The van der Waals surface area contributed by atoms with Gasteiger partial charge in [0.25, 0.3) is 0 Å². The summed E-state index contributed by atoms with van der Waals surface area (Å²) in [7, 11) is 0. The van der Waals surface area contributed by atoms with Gasteiger partial charge < -0.3 is 4.74 Å². The molecule has 3 aliphatic rings. The minimum absolute atomic E-state index is 0.0442. The van der Waals surface area contributed by atoms with Crippen molar-refractivity contribution in [2.75, 3.05) is 0 Å². The van der Waals surface area contributed by atoms with Gasteiger partial charge in [-0.05, 0) is 31.6 Å². The van der Waals surface area contributed by atoms with Gasteiger partial charge in [0.15, 0.2) is 0 Å². The van der Waals surface area contributed by atoms with E-state index in [0.29, 0.717) is 18.3 Å². The fraction of sp³-hybridized carbons (Fsp3) is 0.941. The smallest absolute Gasteiger partial charge is 0.144 e. The average molecular weight is 264 g/mol. The summed E-state index contributed by atoms with van der Waals surface area (Å²) in [6.07, 6.45) is 13.8. The van der Waals surface area contributed by atoms with E-state index < -0.39 is 0 Å². The molecule has 3 fully saturated rings. The molecule has 0 N–H and O–H groups in total. The zero-order valence-corrected chi connectivity index (χ0v) is 12.3. The van der Waals surface area contributed by atoms with Crippen molar-refractivity contribution < 1.29 is 9.53 Å². The molecule has 3 saturated carbocycles. The Bertz CT molecular complexity index is 330. The normalized spacial score (nSPS) is 38.2. The highest BCUT2D eigenvalue weighted by Crippen LogP contribution is 2.51.